The van der Waals surface area contributed by atoms with Gasteiger partial charge in [-0.05, 0) is 79.1 Å². The lowest BCUT2D eigenvalue weighted by atomic mass is 9.76. The number of hydrogen-bond acceptors (Lipinski definition) is 5. The molecule has 4 N–H and O–H groups in total. The van der Waals surface area contributed by atoms with Gasteiger partial charge in [-0.25, -0.2) is 9.37 Å². The van der Waals surface area contributed by atoms with Crippen LogP contribution >= 0.6 is 0 Å². The quantitative estimate of drug-likeness (QED) is 0.578. The summed E-state index contributed by atoms with van der Waals surface area (Å²) in [5.74, 6) is -0.168. The van der Waals surface area contributed by atoms with Gasteiger partial charge in [0.15, 0.2) is 0 Å². The molecular formula is C24H25FN4O2. The Balaban J connectivity index is 1.60. The molecule has 0 aliphatic heterocycles. The Kier molecular flexibility index (Phi) is 5.95. The highest BCUT2D eigenvalue weighted by molar-refractivity contribution is 6.03. The van der Waals surface area contributed by atoms with Crippen LogP contribution in [0.15, 0.2) is 54.9 Å². The Morgan fingerprint density at radius 2 is 1.90 bits per heavy atom. The fourth-order valence-corrected chi connectivity index (χ4v) is 4.35. The van der Waals surface area contributed by atoms with Crippen LogP contribution in [0.5, 0.6) is 5.75 Å². The van der Waals surface area contributed by atoms with Crippen LogP contribution in [0.25, 0.3) is 11.3 Å². The second-order valence-corrected chi connectivity index (χ2v) is 8.26. The molecule has 1 aliphatic carbocycles. The number of carbonyl (C=O) groups excluding carboxylic acids is 1. The lowest BCUT2D eigenvalue weighted by Gasteiger charge is -2.32. The average Bonchev–Trinajstić information content (AvgIpc) is 2.74. The van der Waals surface area contributed by atoms with Gasteiger partial charge in [-0.15, -0.1) is 0 Å². The number of phenolic OH excluding ortho intramolecular Hbond substituents is 1. The number of nitrogens with zero attached hydrogens (tertiary/aromatic N) is 2. The van der Waals surface area contributed by atoms with Crippen molar-refractivity contribution in [2.45, 2.75) is 38.1 Å². The van der Waals surface area contributed by atoms with Gasteiger partial charge in [-0.1, -0.05) is 6.92 Å². The summed E-state index contributed by atoms with van der Waals surface area (Å²) in [6.07, 6.45) is 6.21. The first-order valence-electron chi connectivity index (χ1n) is 10.4. The first-order valence-corrected chi connectivity index (χ1v) is 10.4. The number of pyridine rings is 2. The maximum atomic E-state index is 14.3. The standard InChI is InChI=1S/C24H25FN4O2/c1-14-10-16(12-17(26)11-14)19-8-9-27-13-22(19)29-24(31)21-7-6-20(25)23(28-21)15-2-4-18(30)5-3-15/h2-9,13-14,16-17,30H,10-12,26H2,1H3,(H,29,31)/t14-,16+,17-/m0/s1. The highest BCUT2D eigenvalue weighted by Crippen LogP contribution is 2.38. The van der Waals surface area contributed by atoms with E-state index in [2.05, 4.69) is 22.2 Å². The van der Waals surface area contributed by atoms with Gasteiger partial charge in [-0.2, -0.15) is 0 Å². The van der Waals surface area contributed by atoms with Crippen molar-refractivity contribution in [2.75, 3.05) is 5.32 Å². The number of anilines is 1. The summed E-state index contributed by atoms with van der Waals surface area (Å²) in [7, 11) is 0. The van der Waals surface area contributed by atoms with E-state index in [0.29, 0.717) is 17.2 Å². The van der Waals surface area contributed by atoms with E-state index >= 15 is 0 Å². The summed E-state index contributed by atoms with van der Waals surface area (Å²) >= 11 is 0. The number of phenols is 1. The summed E-state index contributed by atoms with van der Waals surface area (Å²) in [6.45, 7) is 2.19. The van der Waals surface area contributed by atoms with Crippen LogP contribution in [0.3, 0.4) is 0 Å². The van der Waals surface area contributed by atoms with Crippen LogP contribution in [0, 0.1) is 11.7 Å². The minimum atomic E-state index is -0.547. The minimum Gasteiger partial charge on any atom is -0.508 e. The molecule has 3 atom stereocenters. The maximum Gasteiger partial charge on any atom is 0.274 e. The molecule has 0 saturated heterocycles. The SMILES string of the molecule is C[C@@H]1C[C@H](N)C[C@H](c2ccncc2NC(=O)c2ccc(F)c(-c3ccc(O)cc3)n2)C1. The van der Waals surface area contributed by atoms with Crippen molar-refractivity contribution in [3.63, 3.8) is 0 Å². The third-order valence-electron chi connectivity index (χ3n) is 5.74. The van der Waals surface area contributed by atoms with E-state index in [1.807, 2.05) is 6.07 Å². The van der Waals surface area contributed by atoms with E-state index in [4.69, 9.17) is 5.73 Å². The number of rotatable bonds is 4. The monoisotopic (exact) mass is 420 g/mol. The number of nitrogens with two attached hydrogens (primary N) is 1. The zero-order valence-electron chi connectivity index (χ0n) is 17.3. The van der Waals surface area contributed by atoms with Crippen LogP contribution in [-0.4, -0.2) is 27.0 Å². The Bertz CT molecular complexity index is 1080. The third kappa shape index (κ3) is 4.72. The molecular weight excluding hydrogens is 395 g/mol. The van der Waals surface area contributed by atoms with Gasteiger partial charge >= 0.3 is 0 Å². The molecule has 160 valence electrons. The summed E-state index contributed by atoms with van der Waals surface area (Å²) in [5, 5.41) is 12.3. The molecule has 31 heavy (non-hydrogen) atoms. The topological polar surface area (TPSA) is 101 Å². The van der Waals surface area contributed by atoms with E-state index < -0.39 is 11.7 Å². The van der Waals surface area contributed by atoms with E-state index in [-0.39, 0.29) is 29.1 Å². The Morgan fingerprint density at radius 3 is 2.65 bits per heavy atom. The number of nitrogens with one attached hydrogen (secondary N) is 1. The Morgan fingerprint density at radius 1 is 1.13 bits per heavy atom. The molecule has 7 heteroatoms. The van der Waals surface area contributed by atoms with Crippen molar-refractivity contribution in [2.24, 2.45) is 11.7 Å². The predicted molar refractivity (Wildman–Crippen MR) is 117 cm³/mol. The fourth-order valence-electron chi connectivity index (χ4n) is 4.35. The molecule has 1 aromatic carbocycles. The number of aromatic hydroxyl groups is 1. The normalized spacial score (nSPS) is 20.9. The lowest BCUT2D eigenvalue weighted by molar-refractivity contribution is 0.102. The summed E-state index contributed by atoms with van der Waals surface area (Å²) in [4.78, 5) is 21.3. The number of hydrogen-bond donors (Lipinski definition) is 3. The molecule has 1 aliphatic rings. The lowest BCUT2D eigenvalue weighted by Crippen LogP contribution is -2.31. The highest BCUT2D eigenvalue weighted by atomic mass is 19.1. The first-order chi connectivity index (χ1) is 14.9. The van der Waals surface area contributed by atoms with Crippen LogP contribution in [0.2, 0.25) is 0 Å². The van der Waals surface area contributed by atoms with Crippen molar-refractivity contribution >= 4 is 11.6 Å². The summed E-state index contributed by atoms with van der Waals surface area (Å²) < 4.78 is 14.3. The first kappa shape index (κ1) is 20.9. The molecule has 0 bridgehead atoms. The molecule has 3 aromatic rings. The van der Waals surface area contributed by atoms with Crippen LogP contribution in [0.1, 0.15) is 48.2 Å². The molecule has 0 spiro atoms. The smallest absolute Gasteiger partial charge is 0.274 e. The van der Waals surface area contributed by atoms with Crippen molar-refractivity contribution in [1.29, 1.82) is 0 Å². The van der Waals surface area contributed by atoms with Crippen LogP contribution < -0.4 is 11.1 Å². The minimum absolute atomic E-state index is 0.0474. The number of halogens is 1. The van der Waals surface area contributed by atoms with Crippen molar-refractivity contribution in [1.82, 2.24) is 9.97 Å². The largest absolute Gasteiger partial charge is 0.508 e. The van der Waals surface area contributed by atoms with Crippen molar-refractivity contribution in [3.05, 3.63) is 71.9 Å². The number of amides is 1. The summed E-state index contributed by atoms with van der Waals surface area (Å²) in [6, 6.07) is 10.6. The van der Waals surface area contributed by atoms with Crippen LogP contribution in [0.4, 0.5) is 10.1 Å². The molecule has 1 amide bonds. The number of benzene rings is 1. The van der Waals surface area contributed by atoms with Gasteiger partial charge in [0, 0.05) is 17.8 Å². The van der Waals surface area contributed by atoms with E-state index in [9.17, 15) is 14.3 Å². The van der Waals surface area contributed by atoms with Gasteiger partial charge in [-0.3, -0.25) is 9.78 Å². The average molecular weight is 420 g/mol. The second-order valence-electron chi connectivity index (χ2n) is 8.26. The van der Waals surface area contributed by atoms with Gasteiger partial charge in [0.25, 0.3) is 5.91 Å². The zero-order valence-corrected chi connectivity index (χ0v) is 17.3. The molecule has 2 aromatic heterocycles. The maximum absolute atomic E-state index is 14.3. The van der Waals surface area contributed by atoms with Crippen molar-refractivity contribution in [3.8, 4) is 17.0 Å². The third-order valence-corrected chi connectivity index (χ3v) is 5.74. The second kappa shape index (κ2) is 8.81. The van der Waals surface area contributed by atoms with Gasteiger partial charge in [0.2, 0.25) is 0 Å². The Hall–Kier alpha value is -3.32. The van der Waals surface area contributed by atoms with Gasteiger partial charge in [0.05, 0.1) is 11.9 Å². The van der Waals surface area contributed by atoms with Gasteiger partial charge < -0.3 is 16.2 Å². The van der Waals surface area contributed by atoms with E-state index in [0.717, 1.165) is 24.8 Å². The molecule has 0 radical (unpaired) electrons. The molecule has 2 heterocycles. The van der Waals surface area contributed by atoms with E-state index in [1.165, 1.54) is 24.3 Å². The zero-order chi connectivity index (χ0) is 22.0. The number of aromatic nitrogens is 2. The Labute approximate surface area is 180 Å². The van der Waals surface area contributed by atoms with E-state index in [1.54, 1.807) is 24.5 Å². The number of carbonyl (C=O) groups is 1. The molecule has 6 nitrogen and oxygen atoms in total. The van der Waals surface area contributed by atoms with Gasteiger partial charge in [0.1, 0.15) is 23.0 Å². The molecule has 4 rings (SSSR count). The molecule has 1 fully saturated rings. The van der Waals surface area contributed by atoms with Crippen LogP contribution in [-0.2, 0) is 0 Å². The highest BCUT2D eigenvalue weighted by Gasteiger charge is 2.27. The molecule has 1 saturated carbocycles. The molecule has 0 unspecified atom stereocenters. The summed E-state index contributed by atoms with van der Waals surface area (Å²) in [5.41, 5.74) is 8.46. The predicted octanol–water partition coefficient (Wildman–Crippen LogP) is 4.47. The fraction of sp³-hybridized carbons (Fsp3) is 0.292. The van der Waals surface area contributed by atoms with Crippen molar-refractivity contribution < 1.29 is 14.3 Å².